The molecule has 1 aliphatic rings. The summed E-state index contributed by atoms with van der Waals surface area (Å²) < 4.78 is 9.93. The maximum absolute atomic E-state index is 6.08. The summed E-state index contributed by atoms with van der Waals surface area (Å²) in [6, 6.07) is 0.391. The van der Waals surface area contributed by atoms with Crippen molar-refractivity contribution < 1.29 is 4.74 Å². The van der Waals surface area contributed by atoms with Crippen molar-refractivity contribution in [2.24, 2.45) is 0 Å². The molecule has 0 saturated carbocycles. The Morgan fingerprint density at radius 1 is 1.55 bits per heavy atom. The molecule has 0 amide bonds. The fraction of sp³-hybridized carbons (Fsp3) is 0.538. The van der Waals surface area contributed by atoms with Crippen molar-refractivity contribution in [1.29, 1.82) is 0 Å². The molecule has 1 unspecified atom stereocenters. The number of ether oxygens (including phenoxy) is 1. The van der Waals surface area contributed by atoms with Crippen LogP contribution in [0.1, 0.15) is 18.4 Å². The lowest BCUT2D eigenvalue weighted by molar-refractivity contribution is 0.0934. The number of nitrogens with two attached hydrogens (primary N) is 1. The number of nitrogen functional groups attached to an aromatic ring is 1. The van der Waals surface area contributed by atoms with Gasteiger partial charge in [-0.05, 0) is 24.9 Å². The van der Waals surface area contributed by atoms with Gasteiger partial charge >= 0.3 is 0 Å². The molecule has 3 rings (SSSR count). The fourth-order valence-electron chi connectivity index (χ4n) is 2.47. The third-order valence-electron chi connectivity index (χ3n) is 3.54. The minimum absolute atomic E-state index is 0.391. The summed E-state index contributed by atoms with van der Waals surface area (Å²) in [4.78, 5) is 6.94. The monoisotopic (exact) mass is 310 g/mol. The first-order valence-corrected chi connectivity index (χ1v) is 8.38. The molecule has 7 heteroatoms. The van der Waals surface area contributed by atoms with Crippen LogP contribution in [0.2, 0.25) is 0 Å². The van der Waals surface area contributed by atoms with Crippen molar-refractivity contribution in [3.05, 3.63) is 10.4 Å². The molecule has 0 aromatic carbocycles. The summed E-state index contributed by atoms with van der Waals surface area (Å²) in [5.41, 5.74) is 8.01. The minimum atomic E-state index is 0.391. The number of hydrogen-bond acceptors (Lipinski definition) is 7. The maximum atomic E-state index is 6.08. The van der Waals surface area contributed by atoms with E-state index in [0.717, 1.165) is 47.4 Å². The van der Waals surface area contributed by atoms with Crippen LogP contribution < -0.4 is 10.6 Å². The molecule has 0 spiro atoms. The first-order chi connectivity index (χ1) is 9.70. The van der Waals surface area contributed by atoms with Crippen LogP contribution in [0.25, 0.3) is 11.3 Å². The lowest BCUT2D eigenvalue weighted by atomic mass is 10.1. The molecular formula is C13H18N4OS2. The van der Waals surface area contributed by atoms with Crippen LogP contribution in [-0.2, 0) is 4.74 Å². The van der Waals surface area contributed by atoms with Crippen LogP contribution in [0.5, 0.6) is 0 Å². The third-order valence-corrected chi connectivity index (χ3v) is 5.21. The molecule has 2 N–H and O–H groups in total. The summed E-state index contributed by atoms with van der Waals surface area (Å²) in [5, 5.41) is 4.23. The zero-order chi connectivity index (χ0) is 14.1. The van der Waals surface area contributed by atoms with Gasteiger partial charge in [-0.3, -0.25) is 0 Å². The number of anilines is 2. The Morgan fingerprint density at radius 3 is 3.10 bits per heavy atom. The van der Waals surface area contributed by atoms with Gasteiger partial charge in [-0.2, -0.15) is 4.37 Å². The van der Waals surface area contributed by atoms with Crippen LogP contribution in [0.3, 0.4) is 0 Å². The normalized spacial score (nSPS) is 19.5. The second-order valence-corrected chi connectivity index (χ2v) is 6.64. The van der Waals surface area contributed by atoms with Crippen LogP contribution >= 0.6 is 22.9 Å². The lowest BCUT2D eigenvalue weighted by Crippen LogP contribution is -2.45. The van der Waals surface area contributed by atoms with Gasteiger partial charge < -0.3 is 15.4 Å². The van der Waals surface area contributed by atoms with Crippen LogP contribution in [0.15, 0.2) is 5.38 Å². The lowest BCUT2D eigenvalue weighted by Gasteiger charge is -2.36. The Hall–Kier alpha value is -1.18. The number of thiazole rings is 1. The molecule has 3 heterocycles. The Kier molecular flexibility index (Phi) is 3.91. The first-order valence-electron chi connectivity index (χ1n) is 6.72. The number of hydrogen-bond donors (Lipinski definition) is 1. The fourth-order valence-corrected chi connectivity index (χ4v) is 3.99. The second-order valence-electron chi connectivity index (χ2n) is 4.83. The van der Waals surface area contributed by atoms with E-state index in [1.165, 1.54) is 11.5 Å². The van der Waals surface area contributed by atoms with Gasteiger partial charge in [0.15, 0.2) is 0 Å². The third kappa shape index (κ3) is 2.41. The molecular weight excluding hydrogens is 292 g/mol. The number of morpholine rings is 1. The van der Waals surface area contributed by atoms with Crippen LogP contribution in [-0.4, -0.2) is 35.2 Å². The van der Waals surface area contributed by atoms with E-state index in [-0.39, 0.29) is 0 Å². The molecule has 2 aromatic heterocycles. The highest BCUT2D eigenvalue weighted by Crippen LogP contribution is 2.41. The number of nitrogens with zero attached hydrogens (tertiary/aromatic N) is 3. The molecule has 2 aromatic rings. The van der Waals surface area contributed by atoms with E-state index in [2.05, 4.69) is 26.6 Å². The van der Waals surface area contributed by atoms with E-state index < -0.39 is 0 Å². The van der Waals surface area contributed by atoms with Crippen molar-refractivity contribution in [3.63, 3.8) is 0 Å². The highest BCUT2D eigenvalue weighted by Gasteiger charge is 2.28. The number of aryl methyl sites for hydroxylation is 1. The highest BCUT2D eigenvalue weighted by atomic mass is 32.1. The minimum Gasteiger partial charge on any atom is -0.382 e. The van der Waals surface area contributed by atoms with Gasteiger partial charge in [0, 0.05) is 11.9 Å². The zero-order valence-electron chi connectivity index (χ0n) is 11.6. The molecule has 1 aliphatic heterocycles. The largest absolute Gasteiger partial charge is 0.382 e. The zero-order valence-corrected chi connectivity index (χ0v) is 13.3. The Morgan fingerprint density at radius 2 is 2.40 bits per heavy atom. The van der Waals surface area contributed by atoms with E-state index in [9.17, 15) is 0 Å². The van der Waals surface area contributed by atoms with Gasteiger partial charge in [0.1, 0.15) is 10.8 Å². The van der Waals surface area contributed by atoms with Crippen LogP contribution in [0.4, 0.5) is 10.8 Å². The summed E-state index contributed by atoms with van der Waals surface area (Å²) in [6.07, 6.45) is 1.05. The van der Waals surface area contributed by atoms with Crippen molar-refractivity contribution in [3.8, 4) is 11.3 Å². The van der Waals surface area contributed by atoms with Gasteiger partial charge in [-0.1, -0.05) is 6.92 Å². The Balaban J connectivity index is 2.01. The number of rotatable bonds is 3. The molecule has 20 heavy (non-hydrogen) atoms. The summed E-state index contributed by atoms with van der Waals surface area (Å²) in [5.74, 6) is 0.580. The second kappa shape index (κ2) is 5.67. The molecule has 0 aliphatic carbocycles. The van der Waals surface area contributed by atoms with E-state index in [1.807, 2.05) is 6.92 Å². The Labute approximate surface area is 126 Å². The van der Waals surface area contributed by atoms with Crippen molar-refractivity contribution in [1.82, 2.24) is 9.36 Å². The maximum Gasteiger partial charge on any atom is 0.148 e. The molecule has 0 bridgehead atoms. The molecule has 1 atom stereocenters. The van der Waals surface area contributed by atoms with E-state index >= 15 is 0 Å². The molecule has 0 radical (unpaired) electrons. The average molecular weight is 310 g/mol. The van der Waals surface area contributed by atoms with Crippen molar-refractivity contribution in [2.75, 3.05) is 30.4 Å². The summed E-state index contributed by atoms with van der Waals surface area (Å²) in [7, 11) is 0. The molecule has 1 fully saturated rings. The van der Waals surface area contributed by atoms with Gasteiger partial charge in [-0.15, -0.1) is 11.3 Å². The van der Waals surface area contributed by atoms with E-state index in [1.54, 1.807) is 11.3 Å². The highest BCUT2D eigenvalue weighted by molar-refractivity contribution is 7.11. The van der Waals surface area contributed by atoms with Crippen LogP contribution in [0, 0.1) is 6.92 Å². The van der Waals surface area contributed by atoms with Crippen molar-refractivity contribution in [2.45, 2.75) is 26.3 Å². The van der Waals surface area contributed by atoms with Gasteiger partial charge in [0.05, 0.1) is 35.5 Å². The summed E-state index contributed by atoms with van der Waals surface area (Å²) >= 11 is 3.11. The van der Waals surface area contributed by atoms with E-state index in [4.69, 9.17) is 10.5 Å². The SMILES string of the molecule is CCC1COCCN1c1snc(N)c1-c1csc(C)n1. The smallest absolute Gasteiger partial charge is 0.148 e. The van der Waals surface area contributed by atoms with E-state index in [0.29, 0.717) is 11.9 Å². The predicted octanol–water partition coefficient (Wildman–Crippen LogP) is 2.77. The predicted molar refractivity (Wildman–Crippen MR) is 84.6 cm³/mol. The van der Waals surface area contributed by atoms with Gasteiger partial charge in [-0.25, -0.2) is 4.98 Å². The van der Waals surface area contributed by atoms with Gasteiger partial charge in [0.2, 0.25) is 0 Å². The average Bonchev–Trinajstić information content (AvgIpc) is 3.04. The quantitative estimate of drug-likeness (QED) is 0.944. The van der Waals surface area contributed by atoms with Crippen molar-refractivity contribution >= 4 is 33.7 Å². The van der Waals surface area contributed by atoms with Gasteiger partial charge in [0.25, 0.3) is 0 Å². The standard InChI is InChI=1S/C13H18N4OS2/c1-3-9-6-18-5-4-17(9)13-11(12(14)16-20-13)10-7-19-8(2)15-10/h7,9H,3-6H2,1-2H3,(H2,14,16). The Bertz CT molecular complexity index is 595. The topological polar surface area (TPSA) is 64.3 Å². The molecule has 108 valence electrons. The molecule has 5 nitrogen and oxygen atoms in total. The summed E-state index contributed by atoms with van der Waals surface area (Å²) in [6.45, 7) is 6.60. The molecule has 1 saturated heterocycles. The first kappa shape index (κ1) is 13.8. The number of aromatic nitrogens is 2.